The third-order valence-corrected chi connectivity index (χ3v) is 5.90. The van der Waals surface area contributed by atoms with Gasteiger partial charge in [0.1, 0.15) is 0 Å². The number of piperidine rings is 1. The van der Waals surface area contributed by atoms with Gasteiger partial charge in [-0.15, -0.1) is 0 Å². The number of carbonyl (C=O) groups is 2. The second kappa shape index (κ2) is 5.45. The van der Waals surface area contributed by atoms with Crippen molar-refractivity contribution in [3.8, 4) is 0 Å². The van der Waals surface area contributed by atoms with Crippen LogP contribution in [0.1, 0.15) is 45.8 Å². The zero-order valence-corrected chi connectivity index (χ0v) is 14.0. The number of hydrogen-bond donors (Lipinski definition) is 1. The Bertz CT molecular complexity index is 889. The van der Waals surface area contributed by atoms with Gasteiger partial charge in [-0.25, -0.2) is 0 Å². The molecule has 3 aliphatic rings. The summed E-state index contributed by atoms with van der Waals surface area (Å²) in [4.78, 5) is 26.8. The number of anilines is 1. The maximum Gasteiger partial charge on any atom is 0.254 e. The molecule has 2 aromatic rings. The van der Waals surface area contributed by atoms with Gasteiger partial charge >= 0.3 is 0 Å². The summed E-state index contributed by atoms with van der Waals surface area (Å²) < 4.78 is 0. The fourth-order valence-corrected chi connectivity index (χ4v) is 4.76. The average molecular weight is 332 g/mol. The normalized spacial score (nSPS) is 23.7. The maximum absolute atomic E-state index is 13.2. The Kier molecular flexibility index (Phi) is 3.20. The van der Waals surface area contributed by atoms with Crippen LogP contribution in [0.2, 0.25) is 0 Å². The smallest absolute Gasteiger partial charge is 0.254 e. The quantitative estimate of drug-likeness (QED) is 0.872. The maximum atomic E-state index is 13.2. The van der Waals surface area contributed by atoms with Gasteiger partial charge in [-0.1, -0.05) is 24.3 Å². The van der Waals surface area contributed by atoms with Crippen molar-refractivity contribution >= 4 is 17.5 Å². The lowest BCUT2D eigenvalue weighted by Crippen LogP contribution is -2.46. The van der Waals surface area contributed by atoms with Crippen LogP contribution >= 0.6 is 0 Å². The highest BCUT2D eigenvalue weighted by atomic mass is 16.2. The Hall–Kier alpha value is -2.62. The van der Waals surface area contributed by atoms with E-state index in [2.05, 4.69) is 34.5 Å². The average Bonchev–Trinajstić information content (AvgIpc) is 3.19. The molecule has 2 atom stereocenters. The summed E-state index contributed by atoms with van der Waals surface area (Å²) in [5.41, 5.74) is 5.28. The van der Waals surface area contributed by atoms with Crippen molar-refractivity contribution in [3.63, 3.8) is 0 Å². The molecule has 126 valence electrons. The summed E-state index contributed by atoms with van der Waals surface area (Å²) in [6, 6.07) is 14.5. The van der Waals surface area contributed by atoms with Crippen molar-refractivity contribution in [3.05, 3.63) is 64.7 Å². The summed E-state index contributed by atoms with van der Waals surface area (Å²) in [5.74, 6) is 0.570. The molecule has 0 bridgehead atoms. The first-order chi connectivity index (χ1) is 12.2. The molecule has 0 saturated carbocycles. The van der Waals surface area contributed by atoms with E-state index in [1.807, 2.05) is 18.2 Å². The van der Waals surface area contributed by atoms with Crippen LogP contribution in [-0.2, 0) is 17.6 Å². The highest BCUT2D eigenvalue weighted by molar-refractivity contribution is 6.01. The van der Waals surface area contributed by atoms with E-state index in [1.165, 1.54) is 11.1 Å². The number of carbonyl (C=O) groups excluding carboxylic acids is 2. The Labute approximate surface area is 146 Å². The fourth-order valence-electron chi connectivity index (χ4n) is 4.76. The summed E-state index contributed by atoms with van der Waals surface area (Å²) in [5, 5.41) is 2.83. The Morgan fingerprint density at radius 3 is 2.92 bits per heavy atom. The molecule has 5 rings (SSSR count). The fraction of sp³-hybridized carbons (Fsp3) is 0.333. The van der Waals surface area contributed by atoms with Gasteiger partial charge in [0.2, 0.25) is 5.91 Å². The van der Waals surface area contributed by atoms with E-state index in [4.69, 9.17) is 0 Å². The minimum Gasteiger partial charge on any atom is -0.335 e. The van der Waals surface area contributed by atoms with Gasteiger partial charge in [-0.05, 0) is 54.2 Å². The van der Waals surface area contributed by atoms with Crippen LogP contribution in [-0.4, -0.2) is 29.3 Å². The van der Waals surface area contributed by atoms with Crippen molar-refractivity contribution in [2.75, 3.05) is 11.9 Å². The predicted octanol–water partition coefficient (Wildman–Crippen LogP) is 3.13. The SMILES string of the molecule is O=C1Cc2cc(C(=O)N3CCC[C@@H]4c5ccccc5C[C@@H]43)ccc2N1. The van der Waals surface area contributed by atoms with Gasteiger partial charge in [-0.2, -0.15) is 0 Å². The molecular weight excluding hydrogens is 312 g/mol. The van der Waals surface area contributed by atoms with Crippen LogP contribution in [0.3, 0.4) is 0 Å². The zero-order chi connectivity index (χ0) is 17.0. The molecule has 4 heteroatoms. The molecule has 2 aromatic carbocycles. The molecule has 2 amide bonds. The molecule has 0 unspecified atom stereocenters. The van der Waals surface area contributed by atoms with E-state index in [0.29, 0.717) is 17.9 Å². The lowest BCUT2D eigenvalue weighted by atomic mass is 9.88. The third-order valence-electron chi connectivity index (χ3n) is 5.90. The van der Waals surface area contributed by atoms with Crippen LogP contribution in [0, 0.1) is 0 Å². The van der Waals surface area contributed by atoms with Gasteiger partial charge in [-0.3, -0.25) is 9.59 Å². The molecule has 0 aromatic heterocycles. The number of benzene rings is 2. The summed E-state index contributed by atoms with van der Waals surface area (Å²) in [6.45, 7) is 0.822. The molecular formula is C21H20N2O2. The third kappa shape index (κ3) is 2.28. The van der Waals surface area contributed by atoms with Crippen LogP contribution < -0.4 is 5.32 Å². The molecule has 1 N–H and O–H groups in total. The van der Waals surface area contributed by atoms with E-state index >= 15 is 0 Å². The topological polar surface area (TPSA) is 49.4 Å². The van der Waals surface area contributed by atoms with Crippen LogP contribution in [0.5, 0.6) is 0 Å². The molecule has 0 radical (unpaired) electrons. The van der Waals surface area contributed by atoms with E-state index in [0.717, 1.165) is 37.1 Å². The second-order valence-corrected chi connectivity index (χ2v) is 7.31. The molecule has 25 heavy (non-hydrogen) atoms. The lowest BCUT2D eigenvalue weighted by Gasteiger charge is -2.38. The van der Waals surface area contributed by atoms with E-state index < -0.39 is 0 Å². The summed E-state index contributed by atoms with van der Waals surface area (Å²) in [7, 11) is 0. The molecule has 2 heterocycles. The Morgan fingerprint density at radius 2 is 2.00 bits per heavy atom. The van der Waals surface area contributed by atoms with Gasteiger partial charge < -0.3 is 10.2 Å². The molecule has 2 aliphatic heterocycles. The monoisotopic (exact) mass is 332 g/mol. The standard InChI is InChI=1S/C21H20N2O2/c24-20-12-15-10-14(7-8-18(15)22-20)21(25)23-9-3-6-17-16-5-2-1-4-13(16)11-19(17)23/h1-2,4-5,7-8,10,17,19H,3,6,9,11-12H2,(H,22,24)/t17-,19+/m1/s1. The van der Waals surface area contributed by atoms with Gasteiger partial charge in [0.25, 0.3) is 5.91 Å². The Balaban J connectivity index is 1.45. The van der Waals surface area contributed by atoms with Crippen molar-refractivity contribution in [1.29, 1.82) is 0 Å². The Morgan fingerprint density at radius 1 is 1.12 bits per heavy atom. The summed E-state index contributed by atoms with van der Waals surface area (Å²) >= 11 is 0. The van der Waals surface area contributed by atoms with Crippen LogP contribution in [0.4, 0.5) is 5.69 Å². The van der Waals surface area contributed by atoms with E-state index in [-0.39, 0.29) is 17.9 Å². The first-order valence-electron chi connectivity index (χ1n) is 9.02. The number of nitrogens with zero attached hydrogens (tertiary/aromatic N) is 1. The van der Waals surface area contributed by atoms with Crippen molar-refractivity contribution < 1.29 is 9.59 Å². The predicted molar refractivity (Wildman–Crippen MR) is 95.7 cm³/mol. The number of fused-ring (bicyclic) bond motifs is 4. The number of amides is 2. The molecule has 1 saturated heterocycles. The van der Waals surface area contributed by atoms with E-state index in [9.17, 15) is 9.59 Å². The molecule has 1 aliphatic carbocycles. The van der Waals surface area contributed by atoms with Gasteiger partial charge in [0, 0.05) is 29.8 Å². The van der Waals surface area contributed by atoms with Crippen LogP contribution in [0.25, 0.3) is 0 Å². The van der Waals surface area contributed by atoms with Crippen molar-refractivity contribution in [2.24, 2.45) is 0 Å². The first kappa shape index (κ1) is 14.7. The van der Waals surface area contributed by atoms with Crippen molar-refractivity contribution in [1.82, 2.24) is 4.90 Å². The number of hydrogen-bond acceptors (Lipinski definition) is 2. The number of rotatable bonds is 1. The minimum absolute atomic E-state index is 0.00359. The van der Waals surface area contributed by atoms with E-state index in [1.54, 1.807) is 0 Å². The van der Waals surface area contributed by atoms with Gasteiger partial charge in [0.05, 0.1) is 6.42 Å². The number of nitrogens with one attached hydrogen (secondary N) is 1. The zero-order valence-electron chi connectivity index (χ0n) is 14.0. The first-order valence-corrected chi connectivity index (χ1v) is 9.02. The molecule has 4 nitrogen and oxygen atoms in total. The lowest BCUT2D eigenvalue weighted by molar-refractivity contribution is -0.115. The highest BCUT2D eigenvalue weighted by Gasteiger charge is 2.40. The molecule has 0 spiro atoms. The summed E-state index contributed by atoms with van der Waals surface area (Å²) in [6.07, 6.45) is 3.53. The largest absolute Gasteiger partial charge is 0.335 e. The van der Waals surface area contributed by atoms with Crippen molar-refractivity contribution in [2.45, 2.75) is 37.6 Å². The van der Waals surface area contributed by atoms with Crippen LogP contribution in [0.15, 0.2) is 42.5 Å². The number of likely N-dealkylation sites (tertiary alicyclic amines) is 1. The minimum atomic E-state index is 0.00359. The second-order valence-electron chi connectivity index (χ2n) is 7.31. The molecule has 1 fully saturated rings. The highest BCUT2D eigenvalue weighted by Crippen LogP contribution is 2.42. The van der Waals surface area contributed by atoms with Gasteiger partial charge in [0.15, 0.2) is 0 Å².